The van der Waals surface area contributed by atoms with Crippen LogP contribution in [0.4, 0.5) is 0 Å². The molecule has 0 saturated carbocycles. The van der Waals surface area contributed by atoms with Crippen LogP contribution in [0.3, 0.4) is 0 Å². The molecule has 0 heterocycles. The summed E-state index contributed by atoms with van der Waals surface area (Å²) < 4.78 is 68.7. The highest BCUT2D eigenvalue weighted by atomic mass is 31.2. The van der Waals surface area contributed by atoms with E-state index in [2.05, 4.69) is 41.5 Å². The third-order valence-corrected chi connectivity index (χ3v) is 21.7. The van der Waals surface area contributed by atoms with E-state index in [1.54, 1.807) is 0 Å². The molecule has 0 aliphatic heterocycles. The molecule has 0 aromatic heterocycles. The van der Waals surface area contributed by atoms with Crippen molar-refractivity contribution in [1.82, 2.24) is 0 Å². The van der Waals surface area contributed by atoms with Gasteiger partial charge in [-0.2, -0.15) is 0 Å². The lowest BCUT2D eigenvalue weighted by Crippen LogP contribution is -2.30. The van der Waals surface area contributed by atoms with Crippen LogP contribution in [-0.2, 0) is 65.4 Å². The average Bonchev–Trinajstić information content (AvgIpc) is 0.911. The summed E-state index contributed by atoms with van der Waals surface area (Å²) in [6.07, 6.45) is 65.1. The highest BCUT2D eigenvalue weighted by Gasteiger charge is 2.30. The van der Waals surface area contributed by atoms with E-state index in [0.717, 1.165) is 102 Å². The van der Waals surface area contributed by atoms with Gasteiger partial charge in [0.15, 0.2) is 12.2 Å². The average molecular weight is 1490 g/mol. The van der Waals surface area contributed by atoms with Crippen molar-refractivity contribution < 1.29 is 80.2 Å². The normalized spacial score (nSPS) is 14.1. The van der Waals surface area contributed by atoms with Crippen molar-refractivity contribution in [3.63, 3.8) is 0 Å². The molecule has 3 N–H and O–H groups in total. The van der Waals surface area contributed by atoms with Crippen molar-refractivity contribution in [2.75, 3.05) is 39.6 Å². The topological polar surface area (TPSA) is 237 Å². The molecule has 0 amide bonds. The van der Waals surface area contributed by atoms with Gasteiger partial charge < -0.3 is 33.8 Å². The lowest BCUT2D eigenvalue weighted by atomic mass is 9.99. The standard InChI is InChI=1S/C83H162O17P2/c1-7-10-12-14-16-18-20-29-37-43-49-55-61-67-82(87)99-78(71-93-80(85)65-59-53-47-41-19-17-15-13-11-8-2)73-97-101(89,90)95-69-77(84)70-96-102(91,92)98-74-79(72-94-81(86)66-60-54-48-42-36-32-28-27-30-34-39-45-51-57-63-75(4)5)100-83(88)68-62-56-50-44-38-33-26-24-22-21-23-25-31-35-40-46-52-58-64-76(6)9-3/h75-79,84H,7-74H2,1-6H3,(H,89,90)(H,91,92)/t76?,77-,78+,79+/m0/s1. The first-order chi connectivity index (χ1) is 49.4. The Kier molecular flexibility index (Phi) is 73.1. The van der Waals surface area contributed by atoms with Gasteiger partial charge in [0, 0.05) is 25.7 Å². The van der Waals surface area contributed by atoms with E-state index in [-0.39, 0.29) is 25.7 Å². The lowest BCUT2D eigenvalue weighted by Gasteiger charge is -2.21. The molecule has 0 aliphatic rings. The zero-order valence-corrected chi connectivity index (χ0v) is 68.7. The minimum atomic E-state index is -4.96. The van der Waals surface area contributed by atoms with Gasteiger partial charge in [-0.1, -0.05) is 388 Å². The third-order valence-electron chi connectivity index (χ3n) is 19.8. The number of esters is 4. The number of phosphoric ester groups is 2. The van der Waals surface area contributed by atoms with Crippen molar-refractivity contribution >= 4 is 39.5 Å². The SMILES string of the molecule is CCCCCCCCCCCCCCCC(=O)O[C@H](COC(=O)CCCCCCCCCCCC)COP(=O)(O)OC[C@H](O)COP(=O)(O)OC[C@@H](COC(=O)CCCCCCCCCCCCCCCCC(C)C)OC(=O)CCCCCCCCCCCCCCCCCCCCC(C)CC. The number of carbonyl (C=O) groups excluding carboxylic acids is 4. The molecular weight excluding hydrogens is 1330 g/mol. The van der Waals surface area contributed by atoms with Gasteiger partial charge in [0.25, 0.3) is 0 Å². The van der Waals surface area contributed by atoms with E-state index in [1.807, 2.05) is 0 Å². The highest BCUT2D eigenvalue weighted by molar-refractivity contribution is 7.47. The van der Waals surface area contributed by atoms with E-state index in [4.69, 9.17) is 37.0 Å². The lowest BCUT2D eigenvalue weighted by molar-refractivity contribution is -0.161. The Morgan fingerprint density at radius 2 is 0.500 bits per heavy atom. The van der Waals surface area contributed by atoms with E-state index < -0.39 is 97.5 Å². The van der Waals surface area contributed by atoms with E-state index in [0.29, 0.717) is 25.7 Å². The number of ether oxygens (including phenoxy) is 4. The van der Waals surface area contributed by atoms with Crippen LogP contribution in [0.25, 0.3) is 0 Å². The largest absolute Gasteiger partial charge is 0.472 e. The Hall–Kier alpha value is -1.94. The summed E-state index contributed by atoms with van der Waals surface area (Å²) in [5.41, 5.74) is 0. The fourth-order valence-electron chi connectivity index (χ4n) is 12.9. The maximum atomic E-state index is 13.1. The van der Waals surface area contributed by atoms with Crippen LogP contribution in [0.15, 0.2) is 0 Å². The summed E-state index contributed by atoms with van der Waals surface area (Å²) in [5, 5.41) is 10.6. The number of unbranched alkanes of at least 4 members (excludes halogenated alkanes) is 51. The summed E-state index contributed by atoms with van der Waals surface area (Å²) in [6, 6.07) is 0. The smallest absolute Gasteiger partial charge is 0.462 e. The molecule has 19 heteroatoms. The molecule has 0 saturated heterocycles. The fourth-order valence-corrected chi connectivity index (χ4v) is 14.4. The third kappa shape index (κ3) is 74.9. The molecule has 0 spiro atoms. The van der Waals surface area contributed by atoms with Gasteiger partial charge in [-0.15, -0.1) is 0 Å². The van der Waals surface area contributed by atoms with Crippen molar-refractivity contribution in [1.29, 1.82) is 0 Å². The maximum absolute atomic E-state index is 13.1. The number of aliphatic hydroxyl groups excluding tert-OH is 1. The first kappa shape index (κ1) is 100. The fraction of sp³-hybridized carbons (Fsp3) is 0.952. The van der Waals surface area contributed by atoms with Gasteiger partial charge in [-0.05, 0) is 37.5 Å². The van der Waals surface area contributed by atoms with Crippen LogP contribution in [0.1, 0.15) is 440 Å². The minimum Gasteiger partial charge on any atom is -0.462 e. The summed E-state index contributed by atoms with van der Waals surface area (Å²) in [7, 11) is -9.92. The molecule has 0 aromatic carbocycles. The van der Waals surface area contributed by atoms with Gasteiger partial charge >= 0.3 is 39.5 Å². The van der Waals surface area contributed by atoms with Crippen LogP contribution in [0.5, 0.6) is 0 Å². The van der Waals surface area contributed by atoms with Gasteiger partial charge in [-0.3, -0.25) is 37.3 Å². The highest BCUT2D eigenvalue weighted by Crippen LogP contribution is 2.45. The second-order valence-corrected chi connectivity index (χ2v) is 33.5. The Balaban J connectivity index is 5.21. The van der Waals surface area contributed by atoms with Crippen LogP contribution >= 0.6 is 15.6 Å². The van der Waals surface area contributed by atoms with Crippen molar-refractivity contribution in [2.45, 2.75) is 458 Å². The van der Waals surface area contributed by atoms with Crippen LogP contribution in [-0.4, -0.2) is 96.7 Å². The Morgan fingerprint density at radius 1 is 0.284 bits per heavy atom. The Labute approximate surface area is 626 Å². The van der Waals surface area contributed by atoms with Crippen molar-refractivity contribution in [2.24, 2.45) is 11.8 Å². The molecule has 606 valence electrons. The van der Waals surface area contributed by atoms with Crippen LogP contribution in [0, 0.1) is 11.8 Å². The second kappa shape index (κ2) is 74.5. The molecule has 0 radical (unpaired) electrons. The molecular formula is C83H162O17P2. The van der Waals surface area contributed by atoms with Crippen LogP contribution < -0.4 is 0 Å². The number of rotatable bonds is 82. The zero-order valence-electron chi connectivity index (χ0n) is 66.9. The quantitative estimate of drug-likeness (QED) is 0.0222. The molecule has 6 atom stereocenters. The van der Waals surface area contributed by atoms with Gasteiger partial charge in [0.2, 0.25) is 0 Å². The number of hydrogen-bond acceptors (Lipinski definition) is 15. The minimum absolute atomic E-state index is 0.108. The monoisotopic (exact) mass is 1490 g/mol. The summed E-state index contributed by atoms with van der Waals surface area (Å²) in [6.45, 7) is 9.73. The predicted octanol–water partition coefficient (Wildman–Crippen LogP) is 25.1. The first-order valence-electron chi connectivity index (χ1n) is 43.0. The molecule has 0 aliphatic carbocycles. The zero-order chi connectivity index (χ0) is 74.9. The number of carbonyl (C=O) groups is 4. The number of aliphatic hydroxyl groups is 1. The number of hydrogen-bond donors (Lipinski definition) is 3. The van der Waals surface area contributed by atoms with Gasteiger partial charge in [-0.25, -0.2) is 9.13 Å². The molecule has 0 aromatic rings. The van der Waals surface area contributed by atoms with Crippen molar-refractivity contribution in [3.8, 4) is 0 Å². The number of phosphoric acid groups is 2. The molecule has 17 nitrogen and oxygen atoms in total. The predicted molar refractivity (Wildman–Crippen MR) is 418 cm³/mol. The van der Waals surface area contributed by atoms with E-state index in [9.17, 15) is 43.2 Å². The van der Waals surface area contributed by atoms with Crippen molar-refractivity contribution in [3.05, 3.63) is 0 Å². The van der Waals surface area contributed by atoms with Crippen LogP contribution in [0.2, 0.25) is 0 Å². The Morgan fingerprint density at radius 3 is 0.745 bits per heavy atom. The van der Waals surface area contributed by atoms with E-state index in [1.165, 1.54) is 257 Å². The molecule has 0 fully saturated rings. The van der Waals surface area contributed by atoms with Gasteiger partial charge in [0.1, 0.15) is 19.3 Å². The second-order valence-electron chi connectivity index (χ2n) is 30.6. The summed E-state index contributed by atoms with van der Waals surface area (Å²) in [4.78, 5) is 73.1. The maximum Gasteiger partial charge on any atom is 0.472 e. The molecule has 3 unspecified atom stereocenters. The molecule has 0 rings (SSSR count). The first-order valence-corrected chi connectivity index (χ1v) is 46.0. The summed E-state index contributed by atoms with van der Waals surface area (Å²) >= 11 is 0. The summed E-state index contributed by atoms with van der Waals surface area (Å²) in [5.74, 6) is -0.435. The Bertz CT molecular complexity index is 1960. The molecule has 102 heavy (non-hydrogen) atoms. The van der Waals surface area contributed by atoms with Gasteiger partial charge in [0.05, 0.1) is 26.4 Å². The van der Waals surface area contributed by atoms with E-state index >= 15 is 0 Å². The molecule has 0 bridgehead atoms.